The molecule has 0 radical (unpaired) electrons. The summed E-state index contributed by atoms with van der Waals surface area (Å²) < 4.78 is 0. The van der Waals surface area contributed by atoms with E-state index in [1.54, 1.807) is 0 Å². The predicted molar refractivity (Wildman–Crippen MR) is 52.3 cm³/mol. The lowest BCUT2D eigenvalue weighted by Gasteiger charge is -1.92. The van der Waals surface area contributed by atoms with Crippen LogP contribution in [-0.4, -0.2) is 49.3 Å². The molecule has 0 atom stereocenters. The second-order valence-electron chi connectivity index (χ2n) is 2.22. The van der Waals surface area contributed by atoms with Gasteiger partial charge in [-0.2, -0.15) is 0 Å². The van der Waals surface area contributed by atoms with Crippen LogP contribution in [0.3, 0.4) is 0 Å². The zero-order valence-corrected chi connectivity index (χ0v) is 8.28. The molecule has 0 saturated heterocycles. The summed E-state index contributed by atoms with van der Waals surface area (Å²) in [7, 11) is 3.88. The van der Waals surface area contributed by atoms with Gasteiger partial charge in [-0.1, -0.05) is 0 Å². The third kappa shape index (κ3) is 22.4. The van der Waals surface area contributed by atoms with E-state index in [9.17, 15) is 9.59 Å². The maximum atomic E-state index is 9.55. The Hall–Kier alpha value is -1.40. The Bertz CT molecular complexity index is 172. The molecular weight excluding hydrogens is 188 g/mol. The lowest BCUT2D eigenvalue weighted by atomic mass is 10.5. The number of carboxylic acids is 2. The van der Waals surface area contributed by atoms with E-state index in [1.165, 1.54) is 0 Å². The van der Waals surface area contributed by atoms with E-state index in [-0.39, 0.29) is 0 Å². The van der Waals surface area contributed by atoms with E-state index in [0.717, 1.165) is 13.1 Å². The smallest absolute Gasteiger partial charge is 0.328 e. The Morgan fingerprint density at radius 2 is 1.29 bits per heavy atom. The molecule has 0 aliphatic carbocycles. The zero-order chi connectivity index (χ0) is 11.4. The first-order valence-electron chi connectivity index (χ1n) is 3.97. The molecule has 0 fully saturated rings. The van der Waals surface area contributed by atoms with Crippen LogP contribution >= 0.6 is 0 Å². The number of rotatable bonds is 5. The van der Waals surface area contributed by atoms with Gasteiger partial charge in [-0.15, -0.1) is 0 Å². The summed E-state index contributed by atoms with van der Waals surface area (Å²) in [6.45, 7) is 2.10. The number of nitrogens with one attached hydrogen (secondary N) is 2. The topological polar surface area (TPSA) is 98.7 Å². The van der Waals surface area contributed by atoms with E-state index < -0.39 is 11.9 Å². The van der Waals surface area contributed by atoms with E-state index in [4.69, 9.17) is 10.2 Å². The molecule has 0 aliphatic rings. The van der Waals surface area contributed by atoms with Gasteiger partial charge >= 0.3 is 11.9 Å². The Kier molecular flexibility index (Phi) is 12.5. The van der Waals surface area contributed by atoms with Gasteiger partial charge < -0.3 is 20.8 Å². The largest absolute Gasteiger partial charge is 0.478 e. The number of carboxylic acid groups (broad SMARTS) is 2. The molecule has 82 valence electrons. The van der Waals surface area contributed by atoms with Crippen LogP contribution in [0.15, 0.2) is 12.2 Å². The number of carbonyl (C=O) groups is 2. The SMILES string of the molecule is CNCCNC.O=C(O)/C=C\C(=O)O. The van der Waals surface area contributed by atoms with Crippen LogP contribution in [0.2, 0.25) is 0 Å². The van der Waals surface area contributed by atoms with E-state index in [1.807, 2.05) is 14.1 Å². The molecule has 0 aromatic heterocycles. The lowest BCUT2D eigenvalue weighted by molar-refractivity contribution is -0.134. The molecule has 0 heterocycles. The number of aliphatic carboxylic acids is 2. The molecule has 6 nitrogen and oxygen atoms in total. The van der Waals surface area contributed by atoms with Crippen molar-refractivity contribution in [1.82, 2.24) is 10.6 Å². The van der Waals surface area contributed by atoms with Crippen LogP contribution in [0.4, 0.5) is 0 Å². The average molecular weight is 204 g/mol. The first-order valence-corrected chi connectivity index (χ1v) is 3.97. The summed E-state index contributed by atoms with van der Waals surface area (Å²) in [6.07, 6.45) is 1.12. The van der Waals surface area contributed by atoms with Gasteiger partial charge in [0.05, 0.1) is 0 Å². The van der Waals surface area contributed by atoms with E-state index >= 15 is 0 Å². The highest BCUT2D eigenvalue weighted by molar-refractivity contribution is 5.89. The first kappa shape index (κ1) is 15.1. The molecule has 0 amide bonds. The number of hydrogen-bond acceptors (Lipinski definition) is 4. The normalized spacial score (nSPS) is 9.29. The Morgan fingerprint density at radius 1 is 1.00 bits per heavy atom. The van der Waals surface area contributed by atoms with Crippen LogP contribution < -0.4 is 10.6 Å². The van der Waals surface area contributed by atoms with Crippen LogP contribution in [0.25, 0.3) is 0 Å². The third-order valence-corrected chi connectivity index (χ3v) is 0.993. The summed E-state index contributed by atoms with van der Waals surface area (Å²) >= 11 is 0. The fourth-order valence-electron chi connectivity index (χ4n) is 0.393. The van der Waals surface area contributed by atoms with Crippen molar-refractivity contribution in [3.63, 3.8) is 0 Å². The molecule has 0 spiro atoms. The van der Waals surface area contributed by atoms with Crippen LogP contribution in [0, 0.1) is 0 Å². The van der Waals surface area contributed by atoms with Gasteiger partial charge in [-0.05, 0) is 14.1 Å². The lowest BCUT2D eigenvalue weighted by Crippen LogP contribution is -2.21. The molecule has 0 unspecified atom stereocenters. The molecule has 0 aliphatic heterocycles. The van der Waals surface area contributed by atoms with E-state index in [0.29, 0.717) is 12.2 Å². The third-order valence-electron chi connectivity index (χ3n) is 0.993. The highest BCUT2D eigenvalue weighted by atomic mass is 16.4. The molecule has 14 heavy (non-hydrogen) atoms. The van der Waals surface area contributed by atoms with Crippen LogP contribution in [0.1, 0.15) is 0 Å². The van der Waals surface area contributed by atoms with Crippen molar-refractivity contribution < 1.29 is 19.8 Å². The quantitative estimate of drug-likeness (QED) is 0.343. The van der Waals surface area contributed by atoms with Gasteiger partial charge in [0, 0.05) is 25.2 Å². The minimum absolute atomic E-state index is 0.558. The van der Waals surface area contributed by atoms with Crippen molar-refractivity contribution in [1.29, 1.82) is 0 Å². The van der Waals surface area contributed by atoms with Crippen molar-refractivity contribution in [2.24, 2.45) is 0 Å². The molecule has 4 N–H and O–H groups in total. The summed E-state index contributed by atoms with van der Waals surface area (Å²) in [6, 6.07) is 0. The van der Waals surface area contributed by atoms with Crippen LogP contribution in [-0.2, 0) is 9.59 Å². The van der Waals surface area contributed by atoms with Crippen molar-refractivity contribution >= 4 is 11.9 Å². The number of hydrogen-bond donors (Lipinski definition) is 4. The summed E-state index contributed by atoms with van der Waals surface area (Å²) in [5.41, 5.74) is 0. The molecular formula is C8H16N2O4. The zero-order valence-electron chi connectivity index (χ0n) is 8.28. The maximum absolute atomic E-state index is 9.55. The second kappa shape index (κ2) is 11.6. The molecule has 6 heteroatoms. The molecule has 0 aromatic carbocycles. The minimum Gasteiger partial charge on any atom is -0.478 e. The van der Waals surface area contributed by atoms with Crippen molar-refractivity contribution in [2.45, 2.75) is 0 Å². The predicted octanol–water partition coefficient (Wildman–Crippen LogP) is -0.863. The summed E-state index contributed by atoms with van der Waals surface area (Å²) in [4.78, 5) is 19.1. The number of likely N-dealkylation sites (N-methyl/N-ethyl adjacent to an activating group) is 2. The molecule has 0 aromatic rings. The van der Waals surface area contributed by atoms with Gasteiger partial charge in [0.25, 0.3) is 0 Å². The van der Waals surface area contributed by atoms with Crippen molar-refractivity contribution in [3.05, 3.63) is 12.2 Å². The molecule has 0 rings (SSSR count). The Balaban J connectivity index is 0. The fraction of sp³-hybridized carbons (Fsp3) is 0.500. The second-order valence-corrected chi connectivity index (χ2v) is 2.22. The van der Waals surface area contributed by atoms with Crippen molar-refractivity contribution in [3.8, 4) is 0 Å². The molecule has 0 saturated carbocycles. The van der Waals surface area contributed by atoms with E-state index in [2.05, 4.69) is 10.6 Å². The van der Waals surface area contributed by atoms with Gasteiger partial charge in [0.1, 0.15) is 0 Å². The maximum Gasteiger partial charge on any atom is 0.328 e. The first-order chi connectivity index (χ1) is 6.54. The van der Waals surface area contributed by atoms with Gasteiger partial charge in [-0.25, -0.2) is 9.59 Å². The Morgan fingerprint density at radius 3 is 1.43 bits per heavy atom. The van der Waals surface area contributed by atoms with Crippen molar-refractivity contribution in [2.75, 3.05) is 27.2 Å². The van der Waals surface area contributed by atoms with Crippen LogP contribution in [0.5, 0.6) is 0 Å². The standard InChI is InChI=1S/C4H12N2.C4H4O4/c1-5-3-4-6-2;5-3(6)1-2-4(7)8/h5-6H,3-4H2,1-2H3;1-2H,(H,5,6)(H,7,8)/b;2-1-. The molecule has 0 bridgehead atoms. The van der Waals surface area contributed by atoms with Gasteiger partial charge in [0.15, 0.2) is 0 Å². The Labute approximate surface area is 82.6 Å². The summed E-state index contributed by atoms with van der Waals surface area (Å²) in [5, 5.41) is 21.6. The fourth-order valence-corrected chi connectivity index (χ4v) is 0.393. The van der Waals surface area contributed by atoms with Gasteiger partial charge in [0.2, 0.25) is 0 Å². The average Bonchev–Trinajstić information content (AvgIpc) is 2.12. The highest BCUT2D eigenvalue weighted by Crippen LogP contribution is 1.70. The van der Waals surface area contributed by atoms with Gasteiger partial charge in [-0.3, -0.25) is 0 Å². The summed E-state index contributed by atoms with van der Waals surface area (Å²) in [5.74, 6) is -2.51. The monoisotopic (exact) mass is 204 g/mol. The minimum atomic E-state index is -1.26. The highest BCUT2D eigenvalue weighted by Gasteiger charge is 1.88.